The Morgan fingerprint density at radius 2 is 1.91 bits per heavy atom. The molecule has 0 aliphatic carbocycles. The molecule has 0 saturated carbocycles. The van der Waals surface area contributed by atoms with E-state index in [1.807, 2.05) is 4.90 Å². The highest BCUT2D eigenvalue weighted by molar-refractivity contribution is 7.18. The molecule has 3 heterocycles. The van der Waals surface area contributed by atoms with Crippen molar-refractivity contribution in [1.29, 1.82) is 0 Å². The first-order valence-electron chi connectivity index (χ1n) is 11.4. The van der Waals surface area contributed by atoms with Crippen LogP contribution >= 0.6 is 22.9 Å². The van der Waals surface area contributed by atoms with E-state index in [9.17, 15) is 9.90 Å². The minimum absolute atomic E-state index is 0.229. The molecule has 186 valence electrons. The van der Waals surface area contributed by atoms with Gasteiger partial charge in [0.05, 0.1) is 16.3 Å². The molecule has 5 rings (SSSR count). The lowest BCUT2D eigenvalue weighted by Gasteiger charge is -2.30. The van der Waals surface area contributed by atoms with E-state index in [1.165, 1.54) is 6.07 Å². The van der Waals surface area contributed by atoms with Gasteiger partial charge in [0.2, 0.25) is 0 Å². The van der Waals surface area contributed by atoms with Gasteiger partial charge in [-0.25, -0.2) is 4.98 Å². The zero-order valence-electron chi connectivity index (χ0n) is 18.7. The Morgan fingerprint density at radius 3 is 2.69 bits per heavy atom. The molecule has 7 nitrogen and oxygen atoms in total. The number of aliphatic hydroxyl groups is 1. The topological polar surface area (TPSA) is 83.9 Å². The van der Waals surface area contributed by atoms with Gasteiger partial charge in [-0.3, -0.25) is 4.79 Å². The number of hydrogen-bond donors (Lipinski definition) is 2. The van der Waals surface area contributed by atoms with Crippen molar-refractivity contribution in [3.05, 3.63) is 52.0 Å². The molecule has 1 fully saturated rings. The average Bonchev–Trinajstić information content (AvgIpc) is 3.52. The molecule has 11 heteroatoms. The summed E-state index contributed by atoms with van der Waals surface area (Å²) in [5.74, 6) is -4.37. The molecule has 1 aromatic heterocycles. The van der Waals surface area contributed by atoms with Gasteiger partial charge in [0.1, 0.15) is 19.3 Å². The molecule has 1 amide bonds. The average molecular weight is 524 g/mol. The van der Waals surface area contributed by atoms with Crippen molar-refractivity contribution in [3.8, 4) is 11.5 Å². The first-order valence-corrected chi connectivity index (χ1v) is 12.6. The van der Waals surface area contributed by atoms with E-state index in [2.05, 4.69) is 10.3 Å². The Labute approximate surface area is 209 Å². The molecular formula is C24H24ClF2N3O4S. The lowest BCUT2D eigenvalue weighted by Crippen LogP contribution is -2.50. The third kappa shape index (κ3) is 5.06. The van der Waals surface area contributed by atoms with Gasteiger partial charge in [-0.15, -0.1) is 11.3 Å². The molecule has 35 heavy (non-hydrogen) atoms. The molecule has 0 unspecified atom stereocenters. The Bertz CT molecular complexity index is 1230. The molecule has 2 aliphatic rings. The second-order valence-electron chi connectivity index (χ2n) is 8.64. The molecule has 2 atom stereocenters. The van der Waals surface area contributed by atoms with Gasteiger partial charge in [0.25, 0.3) is 5.91 Å². The SMILES string of the molecule is O=C(N[C@H](CN1CCCC1)[C@H](O)c1ccc2c(c1)OCCO2)C(F)(F)c1nc2cc(Cl)ccc2s1. The third-order valence-corrected chi connectivity index (χ3v) is 7.50. The second-order valence-corrected chi connectivity index (χ2v) is 10.1. The van der Waals surface area contributed by atoms with Gasteiger partial charge < -0.3 is 24.8 Å². The van der Waals surface area contributed by atoms with Crippen LogP contribution in [0.15, 0.2) is 36.4 Å². The van der Waals surface area contributed by atoms with E-state index < -0.39 is 29.0 Å². The number of thiazole rings is 1. The number of carbonyl (C=O) groups excluding carboxylic acids is 1. The molecule has 1 saturated heterocycles. The van der Waals surface area contributed by atoms with Crippen LogP contribution < -0.4 is 14.8 Å². The number of likely N-dealkylation sites (tertiary alicyclic amines) is 1. The first kappa shape index (κ1) is 24.2. The van der Waals surface area contributed by atoms with Crippen LogP contribution in [0.1, 0.15) is 29.5 Å². The van der Waals surface area contributed by atoms with Gasteiger partial charge in [0.15, 0.2) is 16.5 Å². The second kappa shape index (κ2) is 9.85. The number of halogens is 3. The van der Waals surface area contributed by atoms with Crippen LogP contribution in [0, 0.1) is 0 Å². The quantitative estimate of drug-likeness (QED) is 0.484. The van der Waals surface area contributed by atoms with Crippen molar-refractivity contribution >= 4 is 39.1 Å². The number of nitrogens with zero attached hydrogens (tertiary/aromatic N) is 2. The van der Waals surface area contributed by atoms with E-state index in [-0.39, 0.29) is 6.54 Å². The summed E-state index contributed by atoms with van der Waals surface area (Å²) < 4.78 is 42.1. The Balaban J connectivity index is 1.39. The van der Waals surface area contributed by atoms with Crippen LogP contribution in [-0.2, 0) is 10.7 Å². The predicted octanol–water partition coefficient (Wildman–Crippen LogP) is 4.13. The summed E-state index contributed by atoms with van der Waals surface area (Å²) in [6.45, 7) is 2.58. The first-order chi connectivity index (χ1) is 16.8. The number of aromatic nitrogens is 1. The number of fused-ring (bicyclic) bond motifs is 2. The van der Waals surface area contributed by atoms with E-state index in [0.717, 1.165) is 37.3 Å². The van der Waals surface area contributed by atoms with Crippen molar-refractivity contribution in [2.75, 3.05) is 32.8 Å². The summed E-state index contributed by atoms with van der Waals surface area (Å²) >= 11 is 6.68. The van der Waals surface area contributed by atoms with Crippen LogP contribution in [-0.4, -0.2) is 59.8 Å². The van der Waals surface area contributed by atoms with Crippen molar-refractivity contribution < 1.29 is 28.2 Å². The number of rotatable bonds is 7. The molecule has 2 N–H and O–H groups in total. The number of carbonyl (C=O) groups is 1. The predicted molar refractivity (Wildman–Crippen MR) is 129 cm³/mol. The van der Waals surface area contributed by atoms with Crippen LogP contribution in [0.3, 0.4) is 0 Å². The number of amides is 1. The minimum atomic E-state index is -3.88. The smallest absolute Gasteiger partial charge is 0.375 e. The fraction of sp³-hybridized carbons (Fsp3) is 0.417. The van der Waals surface area contributed by atoms with E-state index in [0.29, 0.717) is 45.5 Å². The van der Waals surface area contributed by atoms with Crippen LogP contribution in [0.25, 0.3) is 10.2 Å². The molecule has 0 radical (unpaired) electrons. The fourth-order valence-electron chi connectivity index (χ4n) is 4.34. The molecule has 0 spiro atoms. The largest absolute Gasteiger partial charge is 0.486 e. The van der Waals surface area contributed by atoms with Gasteiger partial charge in [0, 0.05) is 11.6 Å². The molecule has 2 aliphatic heterocycles. The van der Waals surface area contributed by atoms with Crippen LogP contribution in [0.2, 0.25) is 5.02 Å². The molecule has 2 aromatic carbocycles. The van der Waals surface area contributed by atoms with Crippen molar-refractivity contribution in [3.63, 3.8) is 0 Å². The highest BCUT2D eigenvalue weighted by atomic mass is 35.5. The summed E-state index contributed by atoms with van der Waals surface area (Å²) in [7, 11) is 0. The van der Waals surface area contributed by atoms with E-state index >= 15 is 8.78 Å². The summed E-state index contributed by atoms with van der Waals surface area (Å²) in [6.07, 6.45) is 0.719. The Hall–Kier alpha value is -2.53. The number of alkyl halides is 2. The number of benzene rings is 2. The summed E-state index contributed by atoms with van der Waals surface area (Å²) in [4.78, 5) is 18.9. The Morgan fingerprint density at radius 1 is 1.17 bits per heavy atom. The summed E-state index contributed by atoms with van der Waals surface area (Å²) in [5.41, 5.74) is 0.742. The zero-order valence-corrected chi connectivity index (χ0v) is 20.2. The van der Waals surface area contributed by atoms with E-state index in [4.69, 9.17) is 21.1 Å². The minimum Gasteiger partial charge on any atom is -0.486 e. The fourth-order valence-corrected chi connectivity index (χ4v) is 5.42. The highest BCUT2D eigenvalue weighted by Crippen LogP contribution is 2.37. The standard InChI is InChI=1S/C24H24ClF2N3O4S/c25-15-4-6-20-16(12-15)29-23(35-20)24(26,27)22(32)28-17(13-30-7-1-2-8-30)21(31)14-3-5-18-19(11-14)34-10-9-33-18/h3-6,11-12,17,21,31H,1-2,7-10,13H2,(H,28,32)/t17-,21-/m1/s1. The van der Waals surface area contributed by atoms with Crippen molar-refractivity contribution in [2.45, 2.75) is 30.9 Å². The lowest BCUT2D eigenvalue weighted by atomic mass is 10.0. The van der Waals surface area contributed by atoms with Crippen molar-refractivity contribution in [2.24, 2.45) is 0 Å². The number of ether oxygens (including phenoxy) is 2. The van der Waals surface area contributed by atoms with Crippen LogP contribution in [0.4, 0.5) is 8.78 Å². The molecular weight excluding hydrogens is 500 g/mol. The maximum absolute atomic E-state index is 15.2. The maximum atomic E-state index is 15.2. The highest BCUT2D eigenvalue weighted by Gasteiger charge is 2.46. The van der Waals surface area contributed by atoms with Gasteiger partial charge in [-0.2, -0.15) is 8.78 Å². The normalized spacial score (nSPS) is 17.9. The monoisotopic (exact) mass is 523 g/mol. The summed E-state index contributed by atoms with van der Waals surface area (Å²) in [5, 5.41) is 13.3. The van der Waals surface area contributed by atoms with Gasteiger partial charge in [-0.05, 0) is 61.8 Å². The lowest BCUT2D eigenvalue weighted by molar-refractivity contribution is -0.149. The Kier molecular flexibility index (Phi) is 6.80. The maximum Gasteiger partial charge on any atom is 0.375 e. The zero-order chi connectivity index (χ0) is 24.6. The van der Waals surface area contributed by atoms with E-state index in [1.54, 1.807) is 30.3 Å². The van der Waals surface area contributed by atoms with Crippen LogP contribution in [0.5, 0.6) is 11.5 Å². The van der Waals surface area contributed by atoms with Gasteiger partial charge >= 0.3 is 5.92 Å². The summed E-state index contributed by atoms with van der Waals surface area (Å²) in [6, 6.07) is 8.62. The number of nitrogens with one attached hydrogen (secondary N) is 1. The van der Waals surface area contributed by atoms with Gasteiger partial charge in [-0.1, -0.05) is 17.7 Å². The third-order valence-electron chi connectivity index (χ3n) is 6.16. The molecule has 0 bridgehead atoms. The number of aliphatic hydroxyl groups excluding tert-OH is 1. The molecule has 3 aromatic rings. The number of hydrogen-bond acceptors (Lipinski definition) is 7. The van der Waals surface area contributed by atoms with Crippen molar-refractivity contribution in [1.82, 2.24) is 15.2 Å².